The molecule has 3 rings (SSSR count). The number of pyridine rings is 1. The molecule has 5 heteroatoms. The van der Waals surface area contributed by atoms with Crippen LogP contribution in [-0.4, -0.2) is 15.2 Å². The molecule has 0 aliphatic carbocycles. The average Bonchev–Trinajstić information content (AvgIpc) is 2.51. The number of hydrogen-bond donors (Lipinski definition) is 1. The molecule has 100 valence electrons. The molecule has 3 aromatic rings. The number of aromatic nitrogens is 3. The Morgan fingerprint density at radius 3 is 2.75 bits per heavy atom. The van der Waals surface area contributed by atoms with Crippen molar-refractivity contribution >= 4 is 26.8 Å². The summed E-state index contributed by atoms with van der Waals surface area (Å²) < 4.78 is 1.07. The summed E-state index contributed by atoms with van der Waals surface area (Å²) in [5, 5.41) is 12.4. The van der Waals surface area contributed by atoms with Gasteiger partial charge in [0.15, 0.2) is 0 Å². The fourth-order valence-corrected chi connectivity index (χ4v) is 2.54. The van der Waals surface area contributed by atoms with Gasteiger partial charge in [0.1, 0.15) is 0 Å². The lowest BCUT2D eigenvalue weighted by Crippen LogP contribution is -2.14. The molecule has 0 amide bonds. The van der Waals surface area contributed by atoms with E-state index in [1.165, 1.54) is 5.56 Å². The summed E-state index contributed by atoms with van der Waals surface area (Å²) in [5.41, 5.74) is 3.13. The first-order chi connectivity index (χ1) is 9.84. The first kappa shape index (κ1) is 13.1. The molecule has 0 bridgehead atoms. The van der Waals surface area contributed by atoms with Gasteiger partial charge in [-0.25, -0.2) is 0 Å². The van der Waals surface area contributed by atoms with Crippen LogP contribution in [0.2, 0.25) is 0 Å². The molecule has 0 atom stereocenters. The van der Waals surface area contributed by atoms with Gasteiger partial charge in [0.05, 0.1) is 11.2 Å². The summed E-state index contributed by atoms with van der Waals surface area (Å²) in [4.78, 5) is 4.47. The van der Waals surface area contributed by atoms with E-state index in [0.717, 1.165) is 27.6 Å². The molecule has 1 aromatic carbocycles. The third-order valence-corrected chi connectivity index (χ3v) is 3.74. The fraction of sp³-hybridized carbons (Fsp3) is 0.133. The van der Waals surface area contributed by atoms with Crippen LogP contribution in [0.1, 0.15) is 11.3 Å². The van der Waals surface area contributed by atoms with Gasteiger partial charge >= 0.3 is 0 Å². The monoisotopic (exact) mass is 328 g/mol. The second-order valence-corrected chi connectivity index (χ2v) is 5.28. The maximum Gasteiger partial charge on any atom is 0.0769 e. The van der Waals surface area contributed by atoms with Crippen LogP contribution in [0.5, 0.6) is 0 Å². The Labute approximate surface area is 125 Å². The van der Waals surface area contributed by atoms with E-state index in [4.69, 9.17) is 0 Å². The number of hydrogen-bond acceptors (Lipinski definition) is 4. The molecule has 0 spiro atoms. The van der Waals surface area contributed by atoms with Crippen LogP contribution in [0.25, 0.3) is 10.9 Å². The average molecular weight is 329 g/mol. The molecule has 4 nitrogen and oxygen atoms in total. The Balaban J connectivity index is 1.77. The van der Waals surface area contributed by atoms with Crippen LogP contribution >= 0.6 is 15.9 Å². The highest BCUT2D eigenvalue weighted by Crippen LogP contribution is 2.25. The van der Waals surface area contributed by atoms with Crippen molar-refractivity contribution in [1.29, 1.82) is 0 Å². The van der Waals surface area contributed by atoms with E-state index in [-0.39, 0.29) is 0 Å². The van der Waals surface area contributed by atoms with Crippen LogP contribution in [0.3, 0.4) is 0 Å². The van der Waals surface area contributed by atoms with Gasteiger partial charge in [-0.15, -0.1) is 0 Å². The zero-order valence-corrected chi connectivity index (χ0v) is 12.3. The molecule has 0 fully saturated rings. The van der Waals surface area contributed by atoms with Gasteiger partial charge in [0.2, 0.25) is 0 Å². The first-order valence-corrected chi connectivity index (χ1v) is 7.13. The van der Waals surface area contributed by atoms with Gasteiger partial charge in [-0.3, -0.25) is 4.98 Å². The molecular formula is C15H13BrN4. The highest BCUT2D eigenvalue weighted by molar-refractivity contribution is 9.10. The normalized spacial score (nSPS) is 10.8. The largest absolute Gasteiger partial charge is 0.307 e. The van der Waals surface area contributed by atoms with Crippen LogP contribution in [0.15, 0.2) is 53.3 Å². The predicted molar refractivity (Wildman–Crippen MR) is 82.0 cm³/mol. The maximum absolute atomic E-state index is 4.47. The predicted octanol–water partition coefficient (Wildman–Crippen LogP) is 3.08. The second kappa shape index (κ2) is 6.07. The third kappa shape index (κ3) is 2.84. The molecule has 2 heterocycles. The Hall–Kier alpha value is -1.85. The van der Waals surface area contributed by atoms with Crippen molar-refractivity contribution in [1.82, 2.24) is 20.5 Å². The summed E-state index contributed by atoms with van der Waals surface area (Å²) >= 11 is 3.56. The van der Waals surface area contributed by atoms with Crippen molar-refractivity contribution in [3.8, 4) is 0 Å². The quantitative estimate of drug-likeness (QED) is 0.799. The van der Waals surface area contributed by atoms with Crippen LogP contribution in [0, 0.1) is 0 Å². The van der Waals surface area contributed by atoms with Gasteiger partial charge in [0.25, 0.3) is 0 Å². The number of nitrogens with zero attached hydrogens (tertiary/aromatic N) is 3. The highest BCUT2D eigenvalue weighted by atomic mass is 79.9. The van der Waals surface area contributed by atoms with Crippen molar-refractivity contribution in [2.24, 2.45) is 0 Å². The second-order valence-electron chi connectivity index (χ2n) is 4.42. The van der Waals surface area contributed by atoms with Crippen molar-refractivity contribution in [3.63, 3.8) is 0 Å². The Morgan fingerprint density at radius 1 is 1.00 bits per heavy atom. The molecule has 0 aliphatic heterocycles. The van der Waals surface area contributed by atoms with Crippen LogP contribution < -0.4 is 5.32 Å². The Kier molecular flexibility index (Phi) is 3.99. The van der Waals surface area contributed by atoms with Gasteiger partial charge in [-0.05, 0) is 29.8 Å². The van der Waals surface area contributed by atoms with E-state index in [2.05, 4.69) is 54.6 Å². The smallest absolute Gasteiger partial charge is 0.0769 e. The van der Waals surface area contributed by atoms with Gasteiger partial charge < -0.3 is 5.32 Å². The van der Waals surface area contributed by atoms with E-state index >= 15 is 0 Å². The molecule has 20 heavy (non-hydrogen) atoms. The summed E-state index contributed by atoms with van der Waals surface area (Å²) in [6, 6.07) is 12.0. The van der Waals surface area contributed by atoms with Crippen LogP contribution in [0.4, 0.5) is 0 Å². The number of nitrogens with one attached hydrogen (secondary N) is 1. The molecule has 0 radical (unpaired) electrons. The van der Waals surface area contributed by atoms with Gasteiger partial charge in [-0.1, -0.05) is 28.1 Å². The van der Waals surface area contributed by atoms with Crippen molar-refractivity contribution in [3.05, 3.63) is 64.5 Å². The van der Waals surface area contributed by atoms with Crippen molar-refractivity contribution in [2.75, 3.05) is 0 Å². The lowest BCUT2D eigenvalue weighted by atomic mass is 10.1. The van der Waals surface area contributed by atoms with E-state index in [1.807, 2.05) is 24.4 Å². The lowest BCUT2D eigenvalue weighted by molar-refractivity contribution is 0.672. The summed E-state index contributed by atoms with van der Waals surface area (Å²) in [5.74, 6) is 0. The zero-order valence-electron chi connectivity index (χ0n) is 10.8. The minimum atomic E-state index is 0.693. The number of halogens is 1. The fourth-order valence-electron chi connectivity index (χ4n) is 2.09. The lowest BCUT2D eigenvalue weighted by Gasteiger charge is -2.08. The van der Waals surface area contributed by atoms with E-state index in [0.29, 0.717) is 6.54 Å². The van der Waals surface area contributed by atoms with Gasteiger partial charge in [-0.2, -0.15) is 10.2 Å². The maximum atomic E-state index is 4.47. The van der Waals surface area contributed by atoms with Crippen molar-refractivity contribution < 1.29 is 0 Å². The molecule has 0 unspecified atom stereocenters. The number of fused-ring (bicyclic) bond motifs is 1. The Bertz CT molecular complexity index is 715. The third-order valence-electron chi connectivity index (χ3n) is 3.05. The number of rotatable bonds is 4. The Morgan fingerprint density at radius 2 is 1.90 bits per heavy atom. The van der Waals surface area contributed by atoms with E-state index in [1.54, 1.807) is 6.20 Å². The number of benzene rings is 1. The molecule has 0 aliphatic rings. The van der Waals surface area contributed by atoms with Crippen LogP contribution in [-0.2, 0) is 13.1 Å². The minimum Gasteiger partial charge on any atom is -0.307 e. The van der Waals surface area contributed by atoms with Crippen molar-refractivity contribution in [2.45, 2.75) is 13.1 Å². The van der Waals surface area contributed by atoms with E-state index in [9.17, 15) is 0 Å². The molecular weight excluding hydrogens is 316 g/mol. The SMILES string of the molecule is Brc1ccc(CNCc2cccnn2)c2ncccc12. The van der Waals surface area contributed by atoms with Gasteiger partial charge in [0, 0.05) is 35.3 Å². The molecule has 2 aromatic heterocycles. The molecule has 1 N–H and O–H groups in total. The first-order valence-electron chi connectivity index (χ1n) is 6.34. The topological polar surface area (TPSA) is 50.7 Å². The summed E-state index contributed by atoms with van der Waals surface area (Å²) in [7, 11) is 0. The molecule has 0 saturated carbocycles. The highest BCUT2D eigenvalue weighted by Gasteiger charge is 2.05. The molecule has 0 saturated heterocycles. The minimum absolute atomic E-state index is 0.693. The summed E-state index contributed by atoms with van der Waals surface area (Å²) in [6.07, 6.45) is 3.50. The summed E-state index contributed by atoms with van der Waals surface area (Å²) in [6.45, 7) is 1.44. The standard InChI is InChI=1S/C15H13BrN4/c16-14-6-5-11(15-13(14)4-2-7-18-15)9-17-10-12-3-1-8-19-20-12/h1-8,17H,9-10H2. The zero-order chi connectivity index (χ0) is 13.8. The van der Waals surface area contributed by atoms with E-state index < -0.39 is 0 Å².